The Morgan fingerprint density at radius 1 is 0.690 bits per heavy atom. The maximum atomic E-state index is 11.0. The summed E-state index contributed by atoms with van der Waals surface area (Å²) >= 11 is 3.71. The molecule has 4 rings (SSSR count). The smallest absolute Gasteiger partial charge is 0.120 e. The molecule has 0 unspecified atom stereocenters. The van der Waals surface area contributed by atoms with Gasteiger partial charge in [-0.2, -0.15) is 0 Å². The van der Waals surface area contributed by atoms with Gasteiger partial charge in [-0.15, -0.1) is 0 Å². The molecule has 0 aliphatic carbocycles. The molecule has 4 aromatic rings. The fraction of sp³-hybridized carbons (Fsp3) is 0.111. The molecule has 0 aliphatic rings. The molecule has 0 bridgehead atoms. The van der Waals surface area contributed by atoms with E-state index >= 15 is 0 Å². The van der Waals surface area contributed by atoms with Crippen LogP contribution in [0.15, 0.2) is 103 Å². The van der Waals surface area contributed by atoms with Gasteiger partial charge < -0.3 is 5.11 Å². The van der Waals surface area contributed by atoms with E-state index in [9.17, 15) is 5.11 Å². The normalized spacial score (nSPS) is 11.4. The molecule has 144 valence electrons. The van der Waals surface area contributed by atoms with Crippen LogP contribution in [0.3, 0.4) is 0 Å². The van der Waals surface area contributed by atoms with Crippen molar-refractivity contribution < 1.29 is 5.11 Å². The van der Waals surface area contributed by atoms with Crippen LogP contribution in [0.25, 0.3) is 0 Å². The van der Waals surface area contributed by atoms with Gasteiger partial charge >= 0.3 is 0 Å². The van der Waals surface area contributed by atoms with Gasteiger partial charge in [0.2, 0.25) is 0 Å². The highest BCUT2D eigenvalue weighted by Gasteiger charge is 2.41. The molecule has 0 aromatic heterocycles. The van der Waals surface area contributed by atoms with Crippen molar-refractivity contribution in [1.29, 1.82) is 0 Å². The summed E-state index contributed by atoms with van der Waals surface area (Å²) in [7, 11) is 0. The van der Waals surface area contributed by atoms with E-state index in [0.717, 1.165) is 22.0 Å². The van der Waals surface area contributed by atoms with Crippen molar-refractivity contribution in [3.8, 4) is 5.75 Å². The topological polar surface area (TPSA) is 20.2 Å². The van der Waals surface area contributed by atoms with Crippen LogP contribution in [0.2, 0.25) is 0 Å². The molecule has 0 atom stereocenters. The van der Waals surface area contributed by atoms with E-state index in [1.165, 1.54) is 16.7 Å². The molecule has 0 amide bonds. The van der Waals surface area contributed by atoms with Crippen LogP contribution in [0.4, 0.5) is 0 Å². The minimum absolute atomic E-state index is 0.293. The summed E-state index contributed by atoms with van der Waals surface area (Å²) in [6, 6.07) is 35.2. The monoisotopic (exact) mass is 442 g/mol. The van der Waals surface area contributed by atoms with E-state index in [1.54, 1.807) is 6.07 Å². The van der Waals surface area contributed by atoms with Crippen LogP contribution in [-0.2, 0) is 10.7 Å². The van der Waals surface area contributed by atoms with Gasteiger partial charge in [0.25, 0.3) is 0 Å². The quantitative estimate of drug-likeness (QED) is 0.261. The number of aryl methyl sites for hydroxylation is 1. The molecule has 4 aromatic carbocycles. The highest BCUT2D eigenvalue weighted by molar-refractivity contribution is 9.08. The Morgan fingerprint density at radius 3 is 1.79 bits per heavy atom. The number of phenolic OH excluding ortho intramolecular Hbond substituents is 1. The minimum atomic E-state index is -0.634. The number of hydrogen-bond acceptors (Lipinski definition) is 1. The first kappa shape index (κ1) is 19.5. The van der Waals surface area contributed by atoms with Crippen molar-refractivity contribution in [3.63, 3.8) is 0 Å². The first-order chi connectivity index (χ1) is 14.2. The third-order valence-electron chi connectivity index (χ3n) is 5.53. The summed E-state index contributed by atoms with van der Waals surface area (Å²) < 4.78 is 0. The fourth-order valence-electron chi connectivity index (χ4n) is 4.30. The Labute approximate surface area is 180 Å². The minimum Gasteiger partial charge on any atom is -0.508 e. The van der Waals surface area contributed by atoms with Crippen molar-refractivity contribution in [2.24, 2.45) is 0 Å². The summed E-state index contributed by atoms with van der Waals surface area (Å²) in [6.45, 7) is 2.11. The second-order valence-corrected chi connectivity index (χ2v) is 7.85. The van der Waals surface area contributed by atoms with Gasteiger partial charge in [0.05, 0.1) is 5.41 Å². The third-order valence-corrected chi connectivity index (χ3v) is 6.13. The third kappa shape index (κ3) is 3.38. The SMILES string of the molecule is Cc1ccc(C(c2ccccc2)(c2ccccc2)c2ccccc2O)c(CBr)c1. The molecule has 0 heterocycles. The standard InChI is InChI=1S/C27H23BrO/c1-20-16-17-24(21(18-20)19-28)27(22-10-4-2-5-11-22,23-12-6-3-7-13-23)25-14-8-9-15-26(25)29/h2-18,29H,19H2,1H3. The lowest BCUT2D eigenvalue weighted by molar-refractivity contribution is 0.460. The highest BCUT2D eigenvalue weighted by atomic mass is 79.9. The van der Waals surface area contributed by atoms with Crippen molar-refractivity contribution in [1.82, 2.24) is 0 Å². The van der Waals surface area contributed by atoms with Crippen LogP contribution in [0, 0.1) is 6.92 Å². The van der Waals surface area contributed by atoms with E-state index in [-0.39, 0.29) is 0 Å². The molecule has 0 aliphatic heterocycles. The van der Waals surface area contributed by atoms with Crippen molar-refractivity contribution in [3.05, 3.63) is 137 Å². The Hall–Kier alpha value is -2.84. The molecule has 1 nitrogen and oxygen atoms in total. The number of aromatic hydroxyl groups is 1. The molecule has 1 N–H and O–H groups in total. The van der Waals surface area contributed by atoms with Crippen molar-refractivity contribution >= 4 is 15.9 Å². The number of halogens is 1. The number of hydrogen-bond donors (Lipinski definition) is 1. The predicted molar refractivity (Wildman–Crippen MR) is 124 cm³/mol. The summed E-state index contributed by atoms with van der Waals surface area (Å²) in [4.78, 5) is 0. The van der Waals surface area contributed by atoms with Gasteiger partial charge in [-0.25, -0.2) is 0 Å². The van der Waals surface area contributed by atoms with Crippen LogP contribution in [0.5, 0.6) is 5.75 Å². The van der Waals surface area contributed by atoms with Crippen LogP contribution in [0.1, 0.15) is 33.4 Å². The van der Waals surface area contributed by atoms with E-state index in [0.29, 0.717) is 5.75 Å². The average molecular weight is 443 g/mol. The zero-order valence-electron chi connectivity index (χ0n) is 16.3. The van der Waals surface area contributed by atoms with Crippen LogP contribution < -0.4 is 0 Å². The first-order valence-electron chi connectivity index (χ1n) is 9.73. The summed E-state index contributed by atoms with van der Waals surface area (Å²) in [5.74, 6) is 0.293. The van der Waals surface area contributed by atoms with E-state index < -0.39 is 5.41 Å². The van der Waals surface area contributed by atoms with E-state index in [1.807, 2.05) is 30.3 Å². The van der Waals surface area contributed by atoms with Gasteiger partial charge in [0.1, 0.15) is 5.75 Å². The van der Waals surface area contributed by atoms with E-state index in [4.69, 9.17) is 0 Å². The van der Waals surface area contributed by atoms with Gasteiger partial charge in [-0.3, -0.25) is 0 Å². The molecular weight excluding hydrogens is 420 g/mol. The van der Waals surface area contributed by atoms with Gasteiger partial charge in [-0.1, -0.05) is 119 Å². The maximum absolute atomic E-state index is 11.0. The summed E-state index contributed by atoms with van der Waals surface area (Å²) in [5, 5.41) is 11.8. The Balaban J connectivity index is 2.21. The summed E-state index contributed by atoms with van der Waals surface area (Å²) in [5.41, 5.74) is 6.08. The highest BCUT2D eigenvalue weighted by Crippen LogP contribution is 2.49. The second kappa shape index (κ2) is 8.26. The largest absolute Gasteiger partial charge is 0.508 e. The Bertz CT molecular complexity index is 1060. The van der Waals surface area contributed by atoms with Gasteiger partial charge in [0.15, 0.2) is 0 Å². The molecule has 0 saturated heterocycles. The molecule has 2 heteroatoms. The molecule has 0 radical (unpaired) electrons. The van der Waals surface area contributed by atoms with Crippen molar-refractivity contribution in [2.75, 3.05) is 0 Å². The van der Waals surface area contributed by atoms with Gasteiger partial charge in [-0.05, 0) is 35.2 Å². The average Bonchev–Trinajstić information content (AvgIpc) is 2.77. The second-order valence-electron chi connectivity index (χ2n) is 7.29. The predicted octanol–water partition coefficient (Wildman–Crippen LogP) is 6.98. The molecule has 0 saturated carbocycles. The lowest BCUT2D eigenvalue weighted by Crippen LogP contribution is -2.32. The fourth-order valence-corrected chi connectivity index (χ4v) is 4.76. The summed E-state index contributed by atoms with van der Waals surface area (Å²) in [6.07, 6.45) is 0. The molecule has 29 heavy (non-hydrogen) atoms. The Morgan fingerprint density at radius 2 is 1.24 bits per heavy atom. The zero-order chi connectivity index (χ0) is 20.3. The number of alkyl halides is 1. The number of para-hydroxylation sites is 1. The molecule has 0 spiro atoms. The lowest BCUT2D eigenvalue weighted by atomic mass is 9.63. The number of rotatable bonds is 5. The lowest BCUT2D eigenvalue weighted by Gasteiger charge is -2.38. The molecule has 0 fully saturated rings. The number of benzene rings is 4. The molecular formula is C27H23BrO. The van der Waals surface area contributed by atoms with E-state index in [2.05, 4.69) is 89.6 Å². The maximum Gasteiger partial charge on any atom is 0.120 e. The Kier molecular flexibility index (Phi) is 5.55. The van der Waals surface area contributed by atoms with Crippen molar-refractivity contribution in [2.45, 2.75) is 17.7 Å². The van der Waals surface area contributed by atoms with Crippen LogP contribution >= 0.6 is 15.9 Å². The van der Waals surface area contributed by atoms with Crippen LogP contribution in [-0.4, -0.2) is 5.11 Å². The zero-order valence-corrected chi connectivity index (χ0v) is 17.9. The van der Waals surface area contributed by atoms with Gasteiger partial charge in [0, 0.05) is 10.9 Å². The first-order valence-corrected chi connectivity index (χ1v) is 10.9. The number of phenols is 1.